The lowest BCUT2D eigenvalue weighted by Crippen LogP contribution is -2.37. The molecular weight excluding hydrogens is 402 g/mol. The van der Waals surface area contributed by atoms with Gasteiger partial charge in [0.25, 0.3) is 5.92 Å². The number of carbonyl (C=O) groups is 1. The third kappa shape index (κ3) is 4.01. The van der Waals surface area contributed by atoms with Gasteiger partial charge in [-0.25, -0.2) is 13.8 Å². The van der Waals surface area contributed by atoms with Gasteiger partial charge in [0.05, 0.1) is 23.8 Å². The first-order valence-corrected chi connectivity index (χ1v) is 10.1. The molecule has 1 fully saturated rings. The number of nitrogens with zero attached hydrogens (tertiary/aromatic N) is 2. The van der Waals surface area contributed by atoms with Gasteiger partial charge in [0.1, 0.15) is 11.7 Å². The zero-order chi connectivity index (χ0) is 22.3. The van der Waals surface area contributed by atoms with Crippen molar-refractivity contribution in [2.75, 3.05) is 5.32 Å². The van der Waals surface area contributed by atoms with Gasteiger partial charge in [-0.3, -0.25) is 4.79 Å². The summed E-state index contributed by atoms with van der Waals surface area (Å²) in [6, 6.07) is 7.11. The van der Waals surface area contributed by atoms with Gasteiger partial charge in [-0.1, -0.05) is 13.0 Å². The molecule has 1 amide bonds. The highest BCUT2D eigenvalue weighted by Crippen LogP contribution is 2.49. The first-order chi connectivity index (χ1) is 14.7. The maximum absolute atomic E-state index is 13.1. The number of amides is 1. The van der Waals surface area contributed by atoms with Crippen molar-refractivity contribution < 1.29 is 18.7 Å². The summed E-state index contributed by atoms with van der Waals surface area (Å²) in [4.78, 5) is 16.1. The lowest BCUT2D eigenvalue weighted by molar-refractivity contribution is -0.119. The Balaban J connectivity index is 1.63. The van der Waals surface area contributed by atoms with Crippen molar-refractivity contribution in [2.24, 2.45) is 5.92 Å². The Kier molecular flexibility index (Phi) is 5.23. The van der Waals surface area contributed by atoms with Gasteiger partial charge in [-0.05, 0) is 42.5 Å². The molecule has 0 bridgehead atoms. The Morgan fingerprint density at radius 3 is 2.77 bits per heavy atom. The molecule has 2 aliphatic rings. The number of hydrogen-bond acceptors (Lipinski definition) is 5. The van der Waals surface area contributed by atoms with Crippen LogP contribution in [0.15, 0.2) is 42.2 Å². The van der Waals surface area contributed by atoms with Crippen LogP contribution in [0.5, 0.6) is 0 Å². The first kappa shape index (κ1) is 20.9. The van der Waals surface area contributed by atoms with E-state index in [1.165, 1.54) is 0 Å². The maximum Gasteiger partial charge on any atom is 0.260 e. The summed E-state index contributed by atoms with van der Waals surface area (Å²) in [6.07, 6.45) is 4.96. The summed E-state index contributed by atoms with van der Waals surface area (Å²) < 4.78 is 26.2. The van der Waals surface area contributed by atoms with Crippen LogP contribution in [0.25, 0.3) is 16.3 Å². The molecule has 1 aromatic heterocycles. The highest BCUT2D eigenvalue weighted by Gasteiger charge is 2.61. The van der Waals surface area contributed by atoms with Crippen LogP contribution in [0.3, 0.4) is 0 Å². The fourth-order valence-electron chi connectivity index (χ4n) is 3.76. The van der Waals surface area contributed by atoms with Crippen molar-refractivity contribution in [3.8, 4) is 6.07 Å². The smallest absolute Gasteiger partial charge is 0.260 e. The van der Waals surface area contributed by atoms with Crippen molar-refractivity contribution in [3.05, 3.63) is 53.4 Å². The molecule has 0 saturated heterocycles. The number of pyridine rings is 1. The summed E-state index contributed by atoms with van der Waals surface area (Å²) in [5.74, 6) is -4.83. The van der Waals surface area contributed by atoms with Crippen LogP contribution < -0.4 is 10.6 Å². The normalized spacial score (nSPS) is 22.6. The molecule has 2 aromatic rings. The Hall–Kier alpha value is -3.31. The molecule has 31 heavy (non-hydrogen) atoms. The topological polar surface area (TPSA) is 98.0 Å². The standard InChI is InChI=1S/C23H22F2N4O2/c1-3-20(30)19-4-12(2)17(11-27-19)16-6-15-10-28-21(7-13(15)5-14(16)9-26)29-22(31)18-8-23(18,24)25/h4-7,10-11,18-20,27,30H,3,8H2,1-2H3,(H,28,29,31). The highest BCUT2D eigenvalue weighted by atomic mass is 19.3. The molecule has 0 spiro atoms. The number of dihydropyridines is 1. The van der Waals surface area contributed by atoms with E-state index >= 15 is 0 Å². The van der Waals surface area contributed by atoms with E-state index in [9.17, 15) is 23.9 Å². The van der Waals surface area contributed by atoms with Crippen molar-refractivity contribution in [1.82, 2.24) is 10.3 Å². The van der Waals surface area contributed by atoms with Gasteiger partial charge in [-0.2, -0.15) is 5.26 Å². The van der Waals surface area contributed by atoms with Gasteiger partial charge in [0, 0.05) is 35.3 Å². The number of alkyl halides is 2. The lowest BCUT2D eigenvalue weighted by atomic mass is 9.90. The Bertz CT molecular complexity index is 1170. The number of carbonyl (C=O) groups excluding carboxylic acids is 1. The number of rotatable bonds is 5. The molecule has 0 radical (unpaired) electrons. The molecule has 1 aliphatic carbocycles. The van der Waals surface area contributed by atoms with E-state index in [0.717, 1.165) is 22.1 Å². The summed E-state index contributed by atoms with van der Waals surface area (Å²) in [5, 5.41) is 26.8. The van der Waals surface area contributed by atoms with Crippen LogP contribution in [0.1, 0.15) is 37.8 Å². The second kappa shape index (κ2) is 7.75. The zero-order valence-electron chi connectivity index (χ0n) is 17.1. The van der Waals surface area contributed by atoms with Crippen LogP contribution in [-0.2, 0) is 4.79 Å². The molecular formula is C23H22F2N4O2. The van der Waals surface area contributed by atoms with Crippen LogP contribution >= 0.6 is 0 Å². The number of nitrogens with one attached hydrogen (secondary N) is 2. The molecule has 1 aliphatic heterocycles. The number of aromatic nitrogens is 1. The van der Waals surface area contributed by atoms with Gasteiger partial charge < -0.3 is 15.7 Å². The van der Waals surface area contributed by atoms with E-state index in [1.807, 2.05) is 26.0 Å². The number of nitriles is 1. The summed E-state index contributed by atoms with van der Waals surface area (Å²) in [7, 11) is 0. The number of benzene rings is 1. The second-order valence-electron chi connectivity index (χ2n) is 8.01. The van der Waals surface area contributed by atoms with Gasteiger partial charge in [-0.15, -0.1) is 0 Å². The van der Waals surface area contributed by atoms with E-state index in [4.69, 9.17) is 0 Å². The minimum Gasteiger partial charge on any atom is -0.391 e. The Labute approximate surface area is 178 Å². The van der Waals surface area contributed by atoms with Crippen LogP contribution in [0, 0.1) is 17.2 Å². The lowest BCUT2D eigenvalue weighted by Gasteiger charge is -2.26. The third-order valence-electron chi connectivity index (χ3n) is 5.77. The van der Waals surface area contributed by atoms with E-state index in [0.29, 0.717) is 17.4 Å². The predicted molar refractivity (Wildman–Crippen MR) is 113 cm³/mol. The van der Waals surface area contributed by atoms with Crippen molar-refractivity contribution in [3.63, 3.8) is 0 Å². The Morgan fingerprint density at radius 1 is 1.42 bits per heavy atom. The van der Waals surface area contributed by atoms with Crippen LogP contribution in [0.2, 0.25) is 0 Å². The van der Waals surface area contributed by atoms with Crippen LogP contribution in [-0.4, -0.2) is 34.1 Å². The van der Waals surface area contributed by atoms with Gasteiger partial charge >= 0.3 is 0 Å². The SMILES string of the molecule is CCC(O)C1C=C(C)C(c2cc3cnc(NC(=O)C4CC4(F)F)cc3cc2C#N)=CN1. The third-order valence-corrected chi connectivity index (χ3v) is 5.77. The number of halogens is 2. The highest BCUT2D eigenvalue weighted by molar-refractivity contribution is 5.97. The van der Waals surface area contributed by atoms with E-state index in [2.05, 4.69) is 21.7 Å². The minimum atomic E-state index is -2.94. The molecule has 160 valence electrons. The van der Waals surface area contributed by atoms with Crippen LogP contribution in [0.4, 0.5) is 14.6 Å². The average Bonchev–Trinajstić information content (AvgIpc) is 3.40. The molecule has 1 aromatic carbocycles. The minimum absolute atomic E-state index is 0.169. The number of anilines is 1. The summed E-state index contributed by atoms with van der Waals surface area (Å²) in [6.45, 7) is 3.84. The number of hydrogen-bond donors (Lipinski definition) is 3. The largest absolute Gasteiger partial charge is 0.391 e. The second-order valence-corrected chi connectivity index (χ2v) is 8.01. The molecule has 3 N–H and O–H groups in total. The number of fused-ring (bicyclic) bond motifs is 1. The fourth-order valence-corrected chi connectivity index (χ4v) is 3.76. The fraction of sp³-hybridized carbons (Fsp3) is 0.348. The van der Waals surface area contributed by atoms with E-state index in [1.54, 1.807) is 24.5 Å². The molecule has 4 rings (SSSR count). The van der Waals surface area contributed by atoms with Gasteiger partial charge in [0.15, 0.2) is 0 Å². The van der Waals surface area contributed by atoms with Crippen molar-refractivity contribution in [1.29, 1.82) is 5.26 Å². The number of aliphatic hydroxyl groups excluding tert-OH is 1. The summed E-state index contributed by atoms with van der Waals surface area (Å²) >= 11 is 0. The summed E-state index contributed by atoms with van der Waals surface area (Å²) in [5.41, 5.74) is 2.93. The quantitative estimate of drug-likeness (QED) is 0.680. The average molecular weight is 424 g/mol. The maximum atomic E-state index is 13.1. The molecule has 8 heteroatoms. The number of aliphatic hydroxyl groups is 1. The first-order valence-electron chi connectivity index (χ1n) is 10.1. The van der Waals surface area contributed by atoms with E-state index in [-0.39, 0.29) is 11.9 Å². The molecule has 2 heterocycles. The molecule has 3 unspecified atom stereocenters. The molecule has 6 nitrogen and oxygen atoms in total. The monoisotopic (exact) mass is 424 g/mol. The number of allylic oxidation sites excluding steroid dienone is 2. The van der Waals surface area contributed by atoms with Gasteiger partial charge in [0.2, 0.25) is 5.91 Å². The molecule has 3 atom stereocenters. The predicted octanol–water partition coefficient (Wildman–Crippen LogP) is 3.73. The van der Waals surface area contributed by atoms with E-state index < -0.39 is 30.3 Å². The Morgan fingerprint density at radius 2 is 2.16 bits per heavy atom. The van der Waals surface area contributed by atoms with Crippen molar-refractivity contribution in [2.45, 2.75) is 44.8 Å². The zero-order valence-corrected chi connectivity index (χ0v) is 17.1. The molecule has 1 saturated carbocycles. The van der Waals surface area contributed by atoms with Crippen molar-refractivity contribution >= 4 is 28.1 Å².